The lowest BCUT2D eigenvalue weighted by molar-refractivity contribution is 0.694. The van der Waals surface area contributed by atoms with E-state index in [0.29, 0.717) is 12.6 Å². The molecule has 0 fully saturated rings. The first-order valence-corrected chi connectivity index (χ1v) is 4.98. The maximum Gasteiger partial charge on any atom is 0.0592 e. The number of halogens is 1. The number of hydrogen-bond acceptors (Lipinski definition) is 3. The van der Waals surface area contributed by atoms with E-state index in [4.69, 9.17) is 5.73 Å². The van der Waals surface area contributed by atoms with E-state index >= 15 is 0 Å². The van der Waals surface area contributed by atoms with Gasteiger partial charge in [0.15, 0.2) is 0 Å². The van der Waals surface area contributed by atoms with Gasteiger partial charge in [0, 0.05) is 32.0 Å². The first-order chi connectivity index (χ1) is 6.16. The number of aromatic nitrogens is 1. The van der Waals surface area contributed by atoms with Gasteiger partial charge in [0.2, 0.25) is 0 Å². The minimum atomic E-state index is 0.332. The largest absolute Gasteiger partial charge is 0.370 e. The van der Waals surface area contributed by atoms with Crippen LogP contribution in [0.3, 0.4) is 0 Å². The molecule has 0 saturated heterocycles. The molecule has 0 spiro atoms. The molecular weight excluding hydrogens is 230 g/mol. The van der Waals surface area contributed by atoms with Crippen molar-refractivity contribution in [3.8, 4) is 0 Å². The normalized spacial score (nSPS) is 12.6. The molecular formula is C9H14BrN3. The molecule has 1 rings (SSSR count). The zero-order chi connectivity index (χ0) is 9.84. The summed E-state index contributed by atoms with van der Waals surface area (Å²) in [6.07, 6.45) is 3.56. The molecule has 1 aromatic heterocycles. The van der Waals surface area contributed by atoms with Crippen molar-refractivity contribution >= 4 is 21.6 Å². The van der Waals surface area contributed by atoms with Crippen LogP contribution in [0.25, 0.3) is 0 Å². The molecule has 0 amide bonds. The van der Waals surface area contributed by atoms with Gasteiger partial charge in [-0.2, -0.15) is 0 Å². The van der Waals surface area contributed by atoms with Crippen molar-refractivity contribution in [2.45, 2.75) is 13.0 Å². The lowest BCUT2D eigenvalue weighted by Gasteiger charge is -2.26. The molecule has 1 aromatic rings. The van der Waals surface area contributed by atoms with Gasteiger partial charge in [-0.15, -0.1) is 0 Å². The van der Waals surface area contributed by atoms with Crippen LogP contribution in [0.2, 0.25) is 0 Å². The highest BCUT2D eigenvalue weighted by atomic mass is 79.9. The van der Waals surface area contributed by atoms with Crippen LogP contribution in [-0.2, 0) is 0 Å². The van der Waals surface area contributed by atoms with Crippen molar-refractivity contribution in [1.29, 1.82) is 0 Å². The third-order valence-corrected chi connectivity index (χ3v) is 2.74. The van der Waals surface area contributed by atoms with Crippen LogP contribution in [0.15, 0.2) is 22.9 Å². The fourth-order valence-corrected chi connectivity index (χ4v) is 1.58. The zero-order valence-corrected chi connectivity index (χ0v) is 9.45. The van der Waals surface area contributed by atoms with Gasteiger partial charge in [0.1, 0.15) is 0 Å². The van der Waals surface area contributed by atoms with E-state index in [-0.39, 0.29) is 0 Å². The molecule has 0 aromatic carbocycles. The smallest absolute Gasteiger partial charge is 0.0592 e. The van der Waals surface area contributed by atoms with Gasteiger partial charge in [-0.3, -0.25) is 4.98 Å². The minimum absolute atomic E-state index is 0.332. The standard InChI is InChI=1S/C9H14BrN3/c1-7(5-11)13(2)9-3-4-12-6-8(9)10/h3-4,6-7H,5,11H2,1-2H3. The van der Waals surface area contributed by atoms with E-state index < -0.39 is 0 Å². The molecule has 3 nitrogen and oxygen atoms in total. The first-order valence-electron chi connectivity index (χ1n) is 4.19. The van der Waals surface area contributed by atoms with E-state index in [1.165, 1.54) is 0 Å². The van der Waals surface area contributed by atoms with Crippen LogP contribution in [0.4, 0.5) is 5.69 Å². The van der Waals surface area contributed by atoms with Crippen molar-refractivity contribution in [2.24, 2.45) is 5.73 Å². The first kappa shape index (κ1) is 10.5. The van der Waals surface area contributed by atoms with Crippen LogP contribution in [-0.4, -0.2) is 24.6 Å². The summed E-state index contributed by atoms with van der Waals surface area (Å²) in [5.41, 5.74) is 6.71. The van der Waals surface area contributed by atoms with Crippen molar-refractivity contribution in [1.82, 2.24) is 4.98 Å². The highest BCUT2D eigenvalue weighted by Gasteiger charge is 2.10. The van der Waals surface area contributed by atoms with Gasteiger partial charge < -0.3 is 10.6 Å². The Morgan fingerprint density at radius 3 is 2.92 bits per heavy atom. The van der Waals surface area contributed by atoms with Gasteiger partial charge in [0.05, 0.1) is 10.2 Å². The molecule has 1 heterocycles. The predicted octanol–water partition coefficient (Wildman–Crippen LogP) is 1.63. The summed E-state index contributed by atoms with van der Waals surface area (Å²) in [5, 5.41) is 0. The molecule has 4 heteroatoms. The molecule has 0 saturated carbocycles. The number of anilines is 1. The van der Waals surface area contributed by atoms with Crippen LogP contribution in [0, 0.1) is 0 Å². The third kappa shape index (κ3) is 2.42. The topological polar surface area (TPSA) is 42.1 Å². The summed E-state index contributed by atoms with van der Waals surface area (Å²) >= 11 is 3.45. The summed E-state index contributed by atoms with van der Waals surface area (Å²) in [5.74, 6) is 0. The molecule has 0 aliphatic carbocycles. The predicted molar refractivity (Wildman–Crippen MR) is 58.9 cm³/mol. The fourth-order valence-electron chi connectivity index (χ4n) is 1.05. The van der Waals surface area contributed by atoms with E-state index in [1.54, 1.807) is 12.4 Å². The summed E-state index contributed by atoms with van der Waals surface area (Å²) in [7, 11) is 2.03. The fraction of sp³-hybridized carbons (Fsp3) is 0.444. The second-order valence-corrected chi connectivity index (χ2v) is 3.88. The summed E-state index contributed by atoms with van der Waals surface area (Å²) in [4.78, 5) is 6.14. The van der Waals surface area contributed by atoms with Crippen LogP contribution >= 0.6 is 15.9 Å². The highest BCUT2D eigenvalue weighted by Crippen LogP contribution is 2.24. The SMILES string of the molecule is CC(CN)N(C)c1ccncc1Br. The van der Waals surface area contributed by atoms with Crippen molar-refractivity contribution < 1.29 is 0 Å². The quantitative estimate of drug-likeness (QED) is 0.878. The molecule has 0 aliphatic heterocycles. The van der Waals surface area contributed by atoms with E-state index in [1.807, 2.05) is 13.1 Å². The van der Waals surface area contributed by atoms with Gasteiger partial charge >= 0.3 is 0 Å². The maximum atomic E-state index is 5.59. The molecule has 1 atom stereocenters. The Labute approximate surface area is 87.1 Å². The Balaban J connectivity index is 2.88. The molecule has 0 radical (unpaired) electrons. The Hall–Kier alpha value is -0.610. The zero-order valence-electron chi connectivity index (χ0n) is 7.87. The maximum absolute atomic E-state index is 5.59. The van der Waals surface area contributed by atoms with Crippen LogP contribution < -0.4 is 10.6 Å². The Morgan fingerprint density at radius 1 is 1.69 bits per heavy atom. The minimum Gasteiger partial charge on any atom is -0.370 e. The summed E-state index contributed by atoms with van der Waals surface area (Å²) in [6, 6.07) is 2.30. The molecule has 2 N–H and O–H groups in total. The Morgan fingerprint density at radius 2 is 2.38 bits per heavy atom. The van der Waals surface area contributed by atoms with Gasteiger partial charge in [-0.25, -0.2) is 0 Å². The number of pyridine rings is 1. The van der Waals surface area contributed by atoms with Crippen molar-refractivity contribution in [3.63, 3.8) is 0 Å². The lowest BCUT2D eigenvalue weighted by Crippen LogP contribution is -2.35. The molecule has 0 aliphatic rings. The van der Waals surface area contributed by atoms with Gasteiger partial charge in [-0.05, 0) is 28.9 Å². The van der Waals surface area contributed by atoms with E-state index in [0.717, 1.165) is 10.2 Å². The average molecular weight is 244 g/mol. The van der Waals surface area contributed by atoms with E-state index in [2.05, 4.69) is 32.7 Å². The van der Waals surface area contributed by atoms with Crippen molar-refractivity contribution in [3.05, 3.63) is 22.9 Å². The van der Waals surface area contributed by atoms with Gasteiger partial charge in [0.25, 0.3) is 0 Å². The third-order valence-electron chi connectivity index (χ3n) is 2.13. The second kappa shape index (κ2) is 4.58. The number of hydrogen-bond donors (Lipinski definition) is 1. The van der Waals surface area contributed by atoms with Gasteiger partial charge in [-0.1, -0.05) is 0 Å². The lowest BCUT2D eigenvalue weighted by atomic mass is 10.2. The monoisotopic (exact) mass is 243 g/mol. The van der Waals surface area contributed by atoms with Crippen molar-refractivity contribution in [2.75, 3.05) is 18.5 Å². The Bertz CT molecular complexity index is 277. The summed E-state index contributed by atoms with van der Waals surface area (Å²) < 4.78 is 0.998. The molecule has 1 unspecified atom stereocenters. The molecule has 13 heavy (non-hydrogen) atoms. The van der Waals surface area contributed by atoms with Crippen LogP contribution in [0.1, 0.15) is 6.92 Å². The number of rotatable bonds is 3. The molecule has 0 bridgehead atoms. The van der Waals surface area contributed by atoms with Crippen LogP contribution in [0.5, 0.6) is 0 Å². The number of nitrogens with zero attached hydrogens (tertiary/aromatic N) is 2. The second-order valence-electron chi connectivity index (χ2n) is 3.02. The number of nitrogens with two attached hydrogens (primary N) is 1. The Kier molecular flexibility index (Phi) is 3.69. The summed E-state index contributed by atoms with van der Waals surface area (Å²) in [6.45, 7) is 2.73. The molecule has 72 valence electrons. The average Bonchev–Trinajstić information content (AvgIpc) is 2.16. The number of likely N-dealkylation sites (N-methyl/N-ethyl adjacent to an activating group) is 1. The highest BCUT2D eigenvalue weighted by molar-refractivity contribution is 9.10. The van der Waals surface area contributed by atoms with E-state index in [9.17, 15) is 0 Å².